The molecule has 1 saturated heterocycles. The van der Waals surface area contributed by atoms with Gasteiger partial charge in [0.05, 0.1) is 22.6 Å². The summed E-state index contributed by atoms with van der Waals surface area (Å²) < 4.78 is 25.5. The van der Waals surface area contributed by atoms with Crippen LogP contribution >= 0.6 is 0 Å². The Morgan fingerprint density at radius 1 is 1.38 bits per heavy atom. The average Bonchev–Trinajstić information content (AvgIpc) is 3.07. The Morgan fingerprint density at radius 3 is 2.57 bits per heavy atom. The Hall–Kier alpha value is -1.30. The van der Waals surface area contributed by atoms with E-state index in [1.807, 2.05) is 26.8 Å². The van der Waals surface area contributed by atoms with Gasteiger partial charge in [0.25, 0.3) is 5.91 Å². The first-order chi connectivity index (χ1) is 9.71. The molecule has 0 spiro atoms. The number of nitrogens with one attached hydrogen (secondary N) is 1. The zero-order chi connectivity index (χ0) is 15.4. The number of aromatic nitrogens is 1. The molecule has 2 fully saturated rings. The zero-order valence-electron chi connectivity index (χ0n) is 12.8. The predicted octanol–water partition coefficient (Wildman–Crippen LogP) is 1.75. The van der Waals surface area contributed by atoms with Crippen LogP contribution in [0.5, 0.6) is 0 Å². The molecule has 1 aliphatic carbocycles. The normalized spacial score (nSPS) is 27.8. The molecule has 1 N–H and O–H groups in total. The molecule has 1 aliphatic heterocycles. The van der Waals surface area contributed by atoms with Crippen molar-refractivity contribution >= 4 is 15.7 Å². The standard InChI is InChI=1S/C15H22N2O3S/c1-10-8-13(11(2)17(10)12-4-5-12)14(18)16-15(3)6-7-21(19,20)9-15/h8,12H,4-7,9H2,1-3H3,(H,16,18)/t15-/m1/s1. The van der Waals surface area contributed by atoms with Crippen molar-refractivity contribution in [2.24, 2.45) is 0 Å². The Bertz CT molecular complexity index is 701. The molecule has 1 amide bonds. The van der Waals surface area contributed by atoms with Gasteiger partial charge in [-0.25, -0.2) is 8.42 Å². The molecule has 2 aliphatic rings. The third kappa shape index (κ3) is 2.73. The molecule has 0 unspecified atom stereocenters. The molecule has 1 saturated carbocycles. The van der Waals surface area contributed by atoms with Crippen molar-refractivity contribution in [2.75, 3.05) is 11.5 Å². The lowest BCUT2D eigenvalue weighted by atomic mass is 10.0. The first-order valence-electron chi connectivity index (χ1n) is 7.42. The van der Waals surface area contributed by atoms with E-state index in [1.54, 1.807) is 0 Å². The number of hydrogen-bond donors (Lipinski definition) is 1. The molecular formula is C15H22N2O3S. The van der Waals surface area contributed by atoms with Crippen LogP contribution in [0.4, 0.5) is 0 Å². The monoisotopic (exact) mass is 310 g/mol. The topological polar surface area (TPSA) is 68.2 Å². The highest BCUT2D eigenvalue weighted by molar-refractivity contribution is 7.91. The second-order valence-electron chi connectivity index (χ2n) is 6.74. The second-order valence-corrected chi connectivity index (χ2v) is 8.93. The van der Waals surface area contributed by atoms with E-state index >= 15 is 0 Å². The van der Waals surface area contributed by atoms with Crippen LogP contribution in [0.15, 0.2) is 6.07 Å². The van der Waals surface area contributed by atoms with Crippen LogP contribution in [-0.2, 0) is 9.84 Å². The van der Waals surface area contributed by atoms with E-state index < -0.39 is 15.4 Å². The lowest BCUT2D eigenvalue weighted by Gasteiger charge is -2.23. The Morgan fingerprint density at radius 2 is 2.05 bits per heavy atom. The third-order valence-electron chi connectivity index (χ3n) is 4.56. The fourth-order valence-electron chi connectivity index (χ4n) is 3.35. The van der Waals surface area contributed by atoms with Crippen LogP contribution in [0.3, 0.4) is 0 Å². The van der Waals surface area contributed by atoms with Gasteiger partial charge in [-0.15, -0.1) is 0 Å². The molecule has 1 atom stereocenters. The van der Waals surface area contributed by atoms with E-state index in [0.717, 1.165) is 11.4 Å². The number of hydrogen-bond acceptors (Lipinski definition) is 3. The Kier molecular flexibility index (Phi) is 3.20. The summed E-state index contributed by atoms with van der Waals surface area (Å²) in [5, 5.41) is 2.94. The van der Waals surface area contributed by atoms with Crippen molar-refractivity contribution in [3.8, 4) is 0 Å². The minimum absolute atomic E-state index is 0.0348. The molecule has 1 aromatic rings. The number of rotatable bonds is 3. The van der Waals surface area contributed by atoms with Crippen LogP contribution in [0, 0.1) is 13.8 Å². The Labute approximate surface area is 125 Å². The lowest BCUT2D eigenvalue weighted by Crippen LogP contribution is -2.47. The van der Waals surface area contributed by atoms with Crippen molar-refractivity contribution in [2.45, 2.75) is 51.6 Å². The van der Waals surface area contributed by atoms with Gasteiger partial charge in [-0.2, -0.15) is 0 Å². The van der Waals surface area contributed by atoms with Crippen LogP contribution in [0.2, 0.25) is 0 Å². The summed E-state index contributed by atoms with van der Waals surface area (Å²) in [6.07, 6.45) is 2.84. The predicted molar refractivity (Wildman–Crippen MR) is 81.3 cm³/mol. The minimum Gasteiger partial charge on any atom is -0.346 e. The van der Waals surface area contributed by atoms with E-state index in [0.29, 0.717) is 18.0 Å². The quantitative estimate of drug-likeness (QED) is 0.925. The highest BCUT2D eigenvalue weighted by atomic mass is 32.2. The van der Waals surface area contributed by atoms with Crippen LogP contribution < -0.4 is 5.32 Å². The van der Waals surface area contributed by atoms with Gasteiger partial charge in [0.1, 0.15) is 0 Å². The highest BCUT2D eigenvalue weighted by Crippen LogP contribution is 2.38. The summed E-state index contributed by atoms with van der Waals surface area (Å²) in [6, 6.07) is 2.45. The van der Waals surface area contributed by atoms with E-state index in [1.165, 1.54) is 12.8 Å². The molecule has 6 heteroatoms. The van der Waals surface area contributed by atoms with Crippen molar-refractivity contribution in [1.29, 1.82) is 0 Å². The molecule has 0 aromatic carbocycles. The summed E-state index contributed by atoms with van der Waals surface area (Å²) in [5.41, 5.74) is 2.11. The maximum atomic E-state index is 12.5. The first kappa shape index (κ1) is 14.6. The lowest BCUT2D eigenvalue weighted by molar-refractivity contribution is 0.0914. The highest BCUT2D eigenvalue weighted by Gasteiger charge is 2.40. The maximum Gasteiger partial charge on any atom is 0.253 e. The van der Waals surface area contributed by atoms with Crippen molar-refractivity contribution in [3.63, 3.8) is 0 Å². The summed E-state index contributed by atoms with van der Waals surface area (Å²) in [4.78, 5) is 12.5. The second kappa shape index (κ2) is 4.60. The van der Waals surface area contributed by atoms with E-state index in [9.17, 15) is 13.2 Å². The van der Waals surface area contributed by atoms with Gasteiger partial charge in [-0.1, -0.05) is 0 Å². The van der Waals surface area contributed by atoms with Crippen molar-refractivity contribution in [1.82, 2.24) is 9.88 Å². The molecule has 116 valence electrons. The molecule has 2 heterocycles. The summed E-state index contributed by atoms with van der Waals surface area (Å²) in [6.45, 7) is 5.80. The first-order valence-corrected chi connectivity index (χ1v) is 9.24. The van der Waals surface area contributed by atoms with Crippen molar-refractivity contribution < 1.29 is 13.2 Å². The van der Waals surface area contributed by atoms with Gasteiger partial charge in [0, 0.05) is 17.4 Å². The van der Waals surface area contributed by atoms with Gasteiger partial charge in [0.2, 0.25) is 0 Å². The van der Waals surface area contributed by atoms with Gasteiger partial charge in [0.15, 0.2) is 9.84 Å². The Balaban J connectivity index is 1.82. The fraction of sp³-hybridized carbons (Fsp3) is 0.667. The molecule has 0 bridgehead atoms. The molecule has 5 nitrogen and oxygen atoms in total. The maximum absolute atomic E-state index is 12.5. The molecule has 1 aromatic heterocycles. The summed E-state index contributed by atoms with van der Waals surface area (Å²) >= 11 is 0. The zero-order valence-corrected chi connectivity index (χ0v) is 13.6. The molecule has 0 radical (unpaired) electrons. The molecule has 21 heavy (non-hydrogen) atoms. The minimum atomic E-state index is -3.02. The summed E-state index contributed by atoms with van der Waals surface area (Å²) in [5.74, 6) is 0.0347. The van der Waals surface area contributed by atoms with Crippen molar-refractivity contribution in [3.05, 3.63) is 23.0 Å². The van der Waals surface area contributed by atoms with Gasteiger partial charge in [-0.3, -0.25) is 4.79 Å². The van der Waals surface area contributed by atoms with Gasteiger partial charge >= 0.3 is 0 Å². The van der Waals surface area contributed by atoms with Gasteiger partial charge < -0.3 is 9.88 Å². The number of amides is 1. The van der Waals surface area contributed by atoms with Crippen LogP contribution in [0.1, 0.15) is 54.0 Å². The van der Waals surface area contributed by atoms with Crippen LogP contribution in [0.25, 0.3) is 0 Å². The average molecular weight is 310 g/mol. The fourth-order valence-corrected chi connectivity index (χ4v) is 5.45. The van der Waals surface area contributed by atoms with Gasteiger partial charge in [-0.05, 0) is 46.1 Å². The molecule has 3 rings (SSSR count). The number of aryl methyl sites for hydroxylation is 1. The number of carbonyl (C=O) groups is 1. The van der Waals surface area contributed by atoms with E-state index in [-0.39, 0.29) is 17.4 Å². The molecular weight excluding hydrogens is 288 g/mol. The SMILES string of the molecule is Cc1cc(C(=O)N[C@]2(C)CCS(=O)(=O)C2)c(C)n1C1CC1. The smallest absolute Gasteiger partial charge is 0.253 e. The third-order valence-corrected chi connectivity index (χ3v) is 6.46. The number of carbonyl (C=O) groups excluding carboxylic acids is 1. The van der Waals surface area contributed by atoms with Crippen LogP contribution in [-0.4, -0.2) is 35.9 Å². The van der Waals surface area contributed by atoms with E-state index in [2.05, 4.69) is 9.88 Å². The number of sulfone groups is 1. The van der Waals surface area contributed by atoms with E-state index in [4.69, 9.17) is 0 Å². The largest absolute Gasteiger partial charge is 0.346 e. The number of nitrogens with zero attached hydrogens (tertiary/aromatic N) is 1. The summed E-state index contributed by atoms with van der Waals surface area (Å²) in [7, 11) is -3.02.